The van der Waals surface area contributed by atoms with E-state index >= 15 is 0 Å². The smallest absolute Gasteiger partial charge is 0.255 e. The number of amides is 2. The van der Waals surface area contributed by atoms with Crippen molar-refractivity contribution >= 4 is 29.1 Å². The van der Waals surface area contributed by atoms with Crippen molar-refractivity contribution in [3.8, 4) is 0 Å². The molecule has 0 radical (unpaired) electrons. The highest BCUT2D eigenvalue weighted by Crippen LogP contribution is 2.38. The van der Waals surface area contributed by atoms with E-state index in [1.54, 1.807) is 41.5 Å². The van der Waals surface area contributed by atoms with E-state index in [0.717, 1.165) is 36.1 Å². The summed E-state index contributed by atoms with van der Waals surface area (Å²) in [5, 5.41) is 3.74. The molecular weight excluding hydrogens is 436 g/mol. The fraction of sp³-hybridized carbons (Fsp3) is 0.333. The van der Waals surface area contributed by atoms with Crippen LogP contribution in [0.3, 0.4) is 0 Å². The van der Waals surface area contributed by atoms with E-state index in [4.69, 9.17) is 16.0 Å². The number of hydrogen-bond donors (Lipinski definition) is 1. The minimum Gasteiger partial charge on any atom is -0.467 e. The normalized spacial score (nSPS) is 15.1. The molecule has 1 heterocycles. The summed E-state index contributed by atoms with van der Waals surface area (Å²) in [5.74, 6) is 0.289. The van der Waals surface area contributed by atoms with Gasteiger partial charge in [0.05, 0.1) is 12.8 Å². The van der Waals surface area contributed by atoms with Gasteiger partial charge in [-0.15, -0.1) is 0 Å². The molecule has 0 aliphatic heterocycles. The molecular formula is C27H29ClN2O3. The fourth-order valence-electron chi connectivity index (χ4n) is 4.72. The molecule has 0 atom stereocenters. The second-order valence-electron chi connectivity index (χ2n) is 8.79. The molecule has 1 fully saturated rings. The molecule has 5 nitrogen and oxygen atoms in total. The average molecular weight is 465 g/mol. The van der Waals surface area contributed by atoms with E-state index in [1.165, 1.54) is 0 Å². The van der Waals surface area contributed by atoms with E-state index in [-0.39, 0.29) is 18.4 Å². The van der Waals surface area contributed by atoms with Gasteiger partial charge >= 0.3 is 0 Å². The van der Waals surface area contributed by atoms with E-state index in [9.17, 15) is 9.59 Å². The molecule has 0 unspecified atom stereocenters. The quantitative estimate of drug-likeness (QED) is 0.450. The molecule has 0 saturated heterocycles. The third kappa shape index (κ3) is 4.83. The molecule has 172 valence electrons. The van der Waals surface area contributed by atoms with E-state index in [0.29, 0.717) is 29.2 Å². The summed E-state index contributed by atoms with van der Waals surface area (Å²) >= 11 is 6.05. The molecule has 0 spiro atoms. The van der Waals surface area contributed by atoms with Crippen molar-refractivity contribution < 1.29 is 14.0 Å². The van der Waals surface area contributed by atoms with Crippen LogP contribution in [0.1, 0.15) is 59.3 Å². The number of halogens is 1. The van der Waals surface area contributed by atoms with Crippen molar-refractivity contribution in [3.05, 3.63) is 88.3 Å². The van der Waals surface area contributed by atoms with Crippen LogP contribution in [-0.2, 0) is 11.3 Å². The monoisotopic (exact) mass is 464 g/mol. The van der Waals surface area contributed by atoms with Gasteiger partial charge in [-0.3, -0.25) is 9.59 Å². The Bertz CT molecular complexity index is 1100. The second-order valence-corrected chi connectivity index (χ2v) is 9.23. The van der Waals surface area contributed by atoms with Crippen LogP contribution < -0.4 is 5.32 Å². The van der Waals surface area contributed by atoms with E-state index in [2.05, 4.69) is 5.32 Å². The lowest BCUT2D eigenvalue weighted by Gasteiger charge is -2.45. The van der Waals surface area contributed by atoms with Crippen molar-refractivity contribution in [2.75, 3.05) is 5.32 Å². The van der Waals surface area contributed by atoms with Crippen LogP contribution in [-0.4, -0.2) is 22.3 Å². The molecule has 6 heteroatoms. The first-order chi connectivity index (χ1) is 15.9. The summed E-state index contributed by atoms with van der Waals surface area (Å²) in [7, 11) is 0. The van der Waals surface area contributed by atoms with Crippen LogP contribution in [0, 0.1) is 13.8 Å². The number of aryl methyl sites for hydroxylation is 2. The summed E-state index contributed by atoms with van der Waals surface area (Å²) in [6.45, 7) is 4.18. The number of anilines is 1. The predicted octanol–water partition coefficient (Wildman–Crippen LogP) is 6.53. The standard InChI is InChI=1S/C27H29ClN2O3/c1-19-8-6-9-20(2)24(19)29-26(32)27(15-4-3-5-16-27)30(18-23-10-7-17-33-23)25(31)21-11-13-22(28)14-12-21/h6-14,17H,3-5,15-16,18H2,1-2H3,(H,29,32). The van der Waals surface area contributed by atoms with Crippen molar-refractivity contribution in [2.24, 2.45) is 0 Å². The molecule has 1 aromatic heterocycles. The Hall–Kier alpha value is -3.05. The zero-order chi connectivity index (χ0) is 23.4. The van der Waals surface area contributed by atoms with Crippen molar-refractivity contribution in [3.63, 3.8) is 0 Å². The van der Waals surface area contributed by atoms with Crippen LogP contribution in [0.5, 0.6) is 0 Å². The summed E-state index contributed by atoms with van der Waals surface area (Å²) in [5.41, 5.74) is 2.32. The van der Waals surface area contributed by atoms with Crippen molar-refractivity contribution in [2.45, 2.75) is 58.0 Å². The number of benzene rings is 2. The van der Waals surface area contributed by atoms with Gasteiger partial charge in [0, 0.05) is 16.3 Å². The van der Waals surface area contributed by atoms with Gasteiger partial charge < -0.3 is 14.6 Å². The van der Waals surface area contributed by atoms with Crippen LogP contribution in [0.25, 0.3) is 0 Å². The lowest BCUT2D eigenvalue weighted by atomic mass is 9.78. The van der Waals surface area contributed by atoms with Gasteiger partial charge in [-0.1, -0.05) is 49.1 Å². The van der Waals surface area contributed by atoms with Gasteiger partial charge in [0.25, 0.3) is 5.91 Å². The Morgan fingerprint density at radius 2 is 1.64 bits per heavy atom. The van der Waals surface area contributed by atoms with Gasteiger partial charge in [-0.05, 0) is 74.2 Å². The summed E-state index contributed by atoms with van der Waals surface area (Å²) in [6, 6.07) is 16.4. The Morgan fingerprint density at radius 1 is 0.970 bits per heavy atom. The molecule has 1 aliphatic carbocycles. The number of hydrogen-bond acceptors (Lipinski definition) is 3. The van der Waals surface area contributed by atoms with Gasteiger partial charge in [0.15, 0.2) is 0 Å². The van der Waals surface area contributed by atoms with Crippen LogP contribution in [0.4, 0.5) is 5.69 Å². The Balaban J connectivity index is 1.76. The minimum absolute atomic E-state index is 0.145. The highest BCUT2D eigenvalue weighted by molar-refractivity contribution is 6.30. The zero-order valence-corrected chi connectivity index (χ0v) is 19.8. The van der Waals surface area contributed by atoms with Crippen molar-refractivity contribution in [1.29, 1.82) is 0 Å². The average Bonchev–Trinajstić information content (AvgIpc) is 3.34. The first-order valence-electron chi connectivity index (χ1n) is 11.4. The lowest BCUT2D eigenvalue weighted by molar-refractivity contribution is -0.129. The Morgan fingerprint density at radius 3 is 2.24 bits per heavy atom. The number of carbonyl (C=O) groups is 2. The SMILES string of the molecule is Cc1cccc(C)c1NC(=O)C1(N(Cc2ccco2)C(=O)c2ccc(Cl)cc2)CCCCC1. The predicted molar refractivity (Wildman–Crippen MR) is 130 cm³/mol. The summed E-state index contributed by atoms with van der Waals surface area (Å²) < 4.78 is 5.59. The van der Waals surface area contributed by atoms with Crippen LogP contribution in [0.15, 0.2) is 65.3 Å². The zero-order valence-electron chi connectivity index (χ0n) is 19.1. The van der Waals surface area contributed by atoms with Gasteiger partial charge in [0.2, 0.25) is 5.91 Å². The molecule has 0 bridgehead atoms. The largest absolute Gasteiger partial charge is 0.467 e. The molecule has 33 heavy (non-hydrogen) atoms. The summed E-state index contributed by atoms with van der Waals surface area (Å²) in [4.78, 5) is 29.5. The summed E-state index contributed by atoms with van der Waals surface area (Å²) in [6.07, 6.45) is 5.59. The third-order valence-electron chi connectivity index (χ3n) is 6.57. The maximum Gasteiger partial charge on any atom is 0.255 e. The topological polar surface area (TPSA) is 62.6 Å². The maximum absolute atomic E-state index is 14.0. The number of nitrogens with one attached hydrogen (secondary N) is 1. The molecule has 3 aromatic rings. The van der Waals surface area contributed by atoms with Crippen LogP contribution in [0.2, 0.25) is 5.02 Å². The number of nitrogens with zero attached hydrogens (tertiary/aromatic N) is 1. The van der Waals surface area contributed by atoms with Gasteiger partial charge in [-0.2, -0.15) is 0 Å². The third-order valence-corrected chi connectivity index (χ3v) is 6.82. The highest BCUT2D eigenvalue weighted by Gasteiger charge is 2.47. The second kappa shape index (κ2) is 9.84. The maximum atomic E-state index is 14.0. The first kappa shape index (κ1) is 23.1. The van der Waals surface area contributed by atoms with E-state index in [1.807, 2.05) is 38.1 Å². The number of para-hydroxylation sites is 1. The molecule has 2 aromatic carbocycles. The number of furan rings is 1. The fourth-order valence-corrected chi connectivity index (χ4v) is 4.85. The van der Waals surface area contributed by atoms with Gasteiger partial charge in [-0.25, -0.2) is 0 Å². The first-order valence-corrected chi connectivity index (χ1v) is 11.8. The Labute approximate surface area is 199 Å². The minimum atomic E-state index is -0.976. The highest BCUT2D eigenvalue weighted by atomic mass is 35.5. The van der Waals surface area contributed by atoms with Gasteiger partial charge in [0.1, 0.15) is 11.3 Å². The molecule has 4 rings (SSSR count). The molecule has 1 N–H and O–H groups in total. The molecule has 1 saturated carbocycles. The number of carbonyl (C=O) groups excluding carboxylic acids is 2. The Kier molecular flexibility index (Phi) is 6.89. The van der Waals surface area contributed by atoms with E-state index < -0.39 is 5.54 Å². The van der Waals surface area contributed by atoms with Crippen LogP contribution >= 0.6 is 11.6 Å². The lowest BCUT2D eigenvalue weighted by Crippen LogP contribution is -2.59. The molecule has 2 amide bonds. The number of rotatable bonds is 6. The molecule has 1 aliphatic rings. The van der Waals surface area contributed by atoms with Crippen molar-refractivity contribution in [1.82, 2.24) is 4.90 Å².